The number of aryl methyl sites for hydroxylation is 1. The highest BCUT2D eigenvalue weighted by molar-refractivity contribution is 5.85. The molecule has 0 aliphatic carbocycles. The van der Waals surface area contributed by atoms with E-state index in [0.717, 1.165) is 28.3 Å². The monoisotopic (exact) mass is 257 g/mol. The number of anilines is 2. The minimum absolute atomic E-state index is 0.521. The summed E-state index contributed by atoms with van der Waals surface area (Å²) in [6, 6.07) is 10.0. The number of benzene rings is 1. The third-order valence-corrected chi connectivity index (χ3v) is 3.09. The molecule has 4 nitrogen and oxygen atoms in total. The van der Waals surface area contributed by atoms with E-state index in [1.807, 2.05) is 45.3 Å². The Hall–Kier alpha value is -2.23. The fourth-order valence-electron chi connectivity index (χ4n) is 2.12. The maximum atomic E-state index is 6.06. The zero-order valence-corrected chi connectivity index (χ0v) is 11.8. The molecule has 1 heterocycles. The van der Waals surface area contributed by atoms with Crippen molar-refractivity contribution in [2.75, 3.05) is 31.8 Å². The molecule has 0 unspecified atom stereocenters. The summed E-state index contributed by atoms with van der Waals surface area (Å²) in [6.07, 6.45) is 0. The standard InChI is InChI=1S/C15H19N3O/c1-10-14(19-4)9-12(15(16)17-10)11-7-5-6-8-13(11)18(2)3/h5-9H,1-4H3,(H2,16,17). The number of hydrogen-bond acceptors (Lipinski definition) is 4. The van der Waals surface area contributed by atoms with Gasteiger partial charge in [0.1, 0.15) is 11.6 Å². The van der Waals surface area contributed by atoms with E-state index in [4.69, 9.17) is 10.5 Å². The van der Waals surface area contributed by atoms with Gasteiger partial charge in [0, 0.05) is 30.9 Å². The molecule has 0 radical (unpaired) electrons. The number of rotatable bonds is 3. The van der Waals surface area contributed by atoms with Gasteiger partial charge in [-0.15, -0.1) is 0 Å². The molecule has 0 aliphatic rings. The molecule has 4 heteroatoms. The maximum Gasteiger partial charge on any atom is 0.140 e. The highest BCUT2D eigenvalue weighted by atomic mass is 16.5. The van der Waals surface area contributed by atoms with Crippen molar-refractivity contribution in [1.29, 1.82) is 0 Å². The Morgan fingerprint density at radius 1 is 1.16 bits per heavy atom. The first kappa shape index (κ1) is 13.2. The molecular weight excluding hydrogens is 238 g/mol. The summed E-state index contributed by atoms with van der Waals surface area (Å²) in [5.74, 6) is 1.27. The lowest BCUT2D eigenvalue weighted by Crippen LogP contribution is -2.10. The van der Waals surface area contributed by atoms with Gasteiger partial charge in [0.05, 0.1) is 12.8 Å². The summed E-state index contributed by atoms with van der Waals surface area (Å²) in [5, 5.41) is 0. The van der Waals surface area contributed by atoms with E-state index < -0.39 is 0 Å². The van der Waals surface area contributed by atoms with Crippen LogP contribution in [0.5, 0.6) is 5.75 Å². The highest BCUT2D eigenvalue weighted by Gasteiger charge is 2.13. The number of nitrogen functional groups attached to an aromatic ring is 1. The third kappa shape index (κ3) is 2.47. The van der Waals surface area contributed by atoms with Crippen LogP contribution < -0.4 is 15.4 Å². The predicted molar refractivity (Wildman–Crippen MR) is 79.7 cm³/mol. The Labute approximate surface area is 113 Å². The molecule has 0 bridgehead atoms. The number of pyridine rings is 1. The number of nitrogens with two attached hydrogens (primary N) is 1. The van der Waals surface area contributed by atoms with Gasteiger partial charge in [-0.1, -0.05) is 18.2 Å². The molecule has 0 aliphatic heterocycles. The topological polar surface area (TPSA) is 51.4 Å². The van der Waals surface area contributed by atoms with Crippen LogP contribution in [0.25, 0.3) is 11.1 Å². The normalized spacial score (nSPS) is 10.3. The minimum atomic E-state index is 0.521. The summed E-state index contributed by atoms with van der Waals surface area (Å²) >= 11 is 0. The Morgan fingerprint density at radius 2 is 1.84 bits per heavy atom. The quantitative estimate of drug-likeness (QED) is 0.918. The van der Waals surface area contributed by atoms with Crippen LogP contribution in [0, 0.1) is 6.92 Å². The van der Waals surface area contributed by atoms with Gasteiger partial charge in [-0.25, -0.2) is 4.98 Å². The van der Waals surface area contributed by atoms with Crippen molar-refractivity contribution >= 4 is 11.5 Å². The molecule has 0 amide bonds. The number of methoxy groups -OCH3 is 1. The van der Waals surface area contributed by atoms with Crippen LogP contribution in [0.4, 0.5) is 11.5 Å². The first-order valence-electron chi connectivity index (χ1n) is 6.12. The molecule has 19 heavy (non-hydrogen) atoms. The highest BCUT2D eigenvalue weighted by Crippen LogP contribution is 2.35. The van der Waals surface area contributed by atoms with Crippen LogP contribution in [0.3, 0.4) is 0 Å². The van der Waals surface area contributed by atoms with E-state index in [9.17, 15) is 0 Å². The second-order valence-electron chi connectivity index (χ2n) is 4.62. The van der Waals surface area contributed by atoms with E-state index in [1.54, 1.807) is 7.11 Å². The van der Waals surface area contributed by atoms with E-state index >= 15 is 0 Å². The maximum absolute atomic E-state index is 6.06. The Balaban J connectivity index is 2.65. The SMILES string of the molecule is COc1cc(-c2ccccc2N(C)C)c(N)nc1C. The molecule has 0 spiro atoms. The largest absolute Gasteiger partial charge is 0.495 e. The second kappa shape index (κ2) is 5.18. The molecule has 0 saturated carbocycles. The first-order valence-corrected chi connectivity index (χ1v) is 6.12. The molecule has 2 rings (SSSR count). The lowest BCUT2D eigenvalue weighted by atomic mass is 10.0. The van der Waals surface area contributed by atoms with Crippen molar-refractivity contribution in [3.63, 3.8) is 0 Å². The number of ether oxygens (including phenoxy) is 1. The van der Waals surface area contributed by atoms with Gasteiger partial charge in [-0.3, -0.25) is 0 Å². The lowest BCUT2D eigenvalue weighted by molar-refractivity contribution is 0.409. The summed E-state index contributed by atoms with van der Waals surface area (Å²) in [6.45, 7) is 1.89. The number of aromatic nitrogens is 1. The van der Waals surface area contributed by atoms with Crippen LogP contribution >= 0.6 is 0 Å². The van der Waals surface area contributed by atoms with Gasteiger partial charge >= 0.3 is 0 Å². The van der Waals surface area contributed by atoms with Gasteiger partial charge < -0.3 is 15.4 Å². The molecule has 2 aromatic rings. The van der Waals surface area contributed by atoms with E-state index in [-0.39, 0.29) is 0 Å². The van der Waals surface area contributed by atoms with Crippen LogP contribution in [-0.2, 0) is 0 Å². The van der Waals surface area contributed by atoms with Crippen molar-refractivity contribution < 1.29 is 4.74 Å². The molecule has 0 atom stereocenters. The van der Waals surface area contributed by atoms with Gasteiger partial charge in [-0.05, 0) is 19.1 Å². The molecule has 0 saturated heterocycles. The van der Waals surface area contributed by atoms with Crippen molar-refractivity contribution in [2.45, 2.75) is 6.92 Å². The van der Waals surface area contributed by atoms with Crippen LogP contribution in [0.2, 0.25) is 0 Å². The summed E-state index contributed by atoms with van der Waals surface area (Å²) in [4.78, 5) is 6.41. The molecule has 100 valence electrons. The van der Waals surface area contributed by atoms with Crippen molar-refractivity contribution in [3.05, 3.63) is 36.0 Å². The number of hydrogen-bond donors (Lipinski definition) is 1. The smallest absolute Gasteiger partial charge is 0.140 e. The van der Waals surface area contributed by atoms with Crippen molar-refractivity contribution in [2.24, 2.45) is 0 Å². The van der Waals surface area contributed by atoms with E-state index in [0.29, 0.717) is 5.82 Å². The predicted octanol–water partition coefficient (Wildman–Crippen LogP) is 2.71. The summed E-state index contributed by atoms with van der Waals surface area (Å²) in [7, 11) is 5.66. The number of para-hydroxylation sites is 1. The zero-order valence-electron chi connectivity index (χ0n) is 11.8. The van der Waals surface area contributed by atoms with Crippen LogP contribution in [-0.4, -0.2) is 26.2 Å². The summed E-state index contributed by atoms with van der Waals surface area (Å²) in [5.41, 5.74) is 9.90. The minimum Gasteiger partial charge on any atom is -0.495 e. The first-order chi connectivity index (χ1) is 9.04. The Morgan fingerprint density at radius 3 is 2.47 bits per heavy atom. The molecule has 2 N–H and O–H groups in total. The molecule has 1 aromatic carbocycles. The van der Waals surface area contributed by atoms with Gasteiger partial charge in [-0.2, -0.15) is 0 Å². The van der Waals surface area contributed by atoms with Gasteiger partial charge in [0.2, 0.25) is 0 Å². The fraction of sp³-hybridized carbons (Fsp3) is 0.267. The fourth-order valence-corrected chi connectivity index (χ4v) is 2.12. The Kier molecular flexibility index (Phi) is 3.60. The zero-order chi connectivity index (χ0) is 14.0. The van der Waals surface area contributed by atoms with Gasteiger partial charge in [0.15, 0.2) is 0 Å². The van der Waals surface area contributed by atoms with E-state index in [1.165, 1.54) is 0 Å². The average molecular weight is 257 g/mol. The van der Waals surface area contributed by atoms with Crippen LogP contribution in [0.15, 0.2) is 30.3 Å². The van der Waals surface area contributed by atoms with Crippen molar-refractivity contribution in [1.82, 2.24) is 4.98 Å². The molecule has 1 aromatic heterocycles. The van der Waals surface area contributed by atoms with Crippen LogP contribution in [0.1, 0.15) is 5.69 Å². The average Bonchev–Trinajstić information content (AvgIpc) is 2.39. The lowest BCUT2D eigenvalue weighted by Gasteiger charge is -2.19. The third-order valence-electron chi connectivity index (χ3n) is 3.09. The molecule has 0 fully saturated rings. The van der Waals surface area contributed by atoms with E-state index in [2.05, 4.69) is 16.0 Å². The summed E-state index contributed by atoms with van der Waals surface area (Å²) < 4.78 is 5.33. The molecular formula is C15H19N3O. The number of nitrogens with zero attached hydrogens (tertiary/aromatic N) is 2. The van der Waals surface area contributed by atoms with Gasteiger partial charge in [0.25, 0.3) is 0 Å². The Bertz CT molecular complexity index is 594. The van der Waals surface area contributed by atoms with Crippen molar-refractivity contribution in [3.8, 4) is 16.9 Å². The second-order valence-corrected chi connectivity index (χ2v) is 4.62.